The second-order valence-corrected chi connectivity index (χ2v) is 5.68. The molecule has 0 bridgehead atoms. The highest BCUT2D eigenvalue weighted by Crippen LogP contribution is 2.22. The Bertz CT molecular complexity index is 633. The fourth-order valence-corrected chi connectivity index (χ4v) is 2.76. The lowest BCUT2D eigenvalue weighted by atomic mass is 10.1. The lowest BCUT2D eigenvalue weighted by molar-refractivity contribution is -0.110. The standard InChI is InChI=1S/C14H9Br2NO2/c1-8-4-2-3-5-10(8)14(19)17-9-6-11(15)13(18)12(16)7-9/h2-7H,1H3. The zero-order chi connectivity index (χ0) is 14.0. The van der Waals surface area contributed by atoms with Gasteiger partial charge < -0.3 is 0 Å². The highest BCUT2D eigenvalue weighted by Gasteiger charge is 2.17. The molecule has 2 rings (SSSR count). The molecule has 19 heavy (non-hydrogen) atoms. The number of Topliss-reactive ketones (excluding diaryl/α,β-unsaturated/α-hetero) is 1. The Labute approximate surface area is 127 Å². The van der Waals surface area contributed by atoms with Crippen LogP contribution in [0.5, 0.6) is 0 Å². The van der Waals surface area contributed by atoms with Crippen LogP contribution in [0.2, 0.25) is 0 Å². The number of aliphatic imine (C=N–C) groups is 1. The van der Waals surface area contributed by atoms with Crippen molar-refractivity contribution in [2.75, 3.05) is 0 Å². The molecule has 96 valence electrons. The average Bonchev–Trinajstić information content (AvgIpc) is 2.36. The van der Waals surface area contributed by atoms with Gasteiger partial charge in [0.15, 0.2) is 0 Å². The first-order valence-electron chi connectivity index (χ1n) is 5.47. The predicted octanol–water partition coefficient (Wildman–Crippen LogP) is 3.72. The van der Waals surface area contributed by atoms with E-state index >= 15 is 0 Å². The second-order valence-electron chi connectivity index (χ2n) is 3.97. The van der Waals surface area contributed by atoms with Gasteiger partial charge in [-0.25, -0.2) is 4.99 Å². The number of allylic oxidation sites excluding steroid dienone is 4. The maximum absolute atomic E-state index is 12.1. The van der Waals surface area contributed by atoms with Gasteiger partial charge in [0.2, 0.25) is 5.78 Å². The van der Waals surface area contributed by atoms with Crippen LogP contribution >= 0.6 is 31.9 Å². The van der Waals surface area contributed by atoms with Crippen molar-refractivity contribution in [1.29, 1.82) is 0 Å². The molecule has 1 aromatic rings. The van der Waals surface area contributed by atoms with Crippen molar-refractivity contribution in [3.63, 3.8) is 0 Å². The molecule has 1 aromatic carbocycles. The molecule has 5 heteroatoms. The van der Waals surface area contributed by atoms with Crippen LogP contribution < -0.4 is 0 Å². The SMILES string of the molecule is Cc1ccccc1C(=O)N=C1C=C(Br)C(=O)C(Br)=C1. The Balaban J connectivity index is 2.36. The van der Waals surface area contributed by atoms with Crippen LogP contribution in [-0.2, 0) is 4.79 Å². The molecule has 0 unspecified atom stereocenters. The van der Waals surface area contributed by atoms with Gasteiger partial charge in [0, 0.05) is 5.56 Å². The predicted molar refractivity (Wildman–Crippen MR) is 82.0 cm³/mol. The van der Waals surface area contributed by atoms with Crippen LogP contribution in [0, 0.1) is 6.92 Å². The summed E-state index contributed by atoms with van der Waals surface area (Å²) >= 11 is 6.29. The minimum atomic E-state index is -0.324. The number of hydrogen-bond acceptors (Lipinski definition) is 2. The smallest absolute Gasteiger partial charge is 0.277 e. The molecular weight excluding hydrogens is 374 g/mol. The summed E-state index contributed by atoms with van der Waals surface area (Å²) in [5, 5.41) is 0. The van der Waals surface area contributed by atoms with Gasteiger partial charge in [0.1, 0.15) is 0 Å². The number of carbonyl (C=O) groups is 2. The first kappa shape index (κ1) is 14.1. The summed E-state index contributed by atoms with van der Waals surface area (Å²) in [7, 11) is 0. The van der Waals surface area contributed by atoms with E-state index in [9.17, 15) is 9.59 Å². The van der Waals surface area contributed by atoms with E-state index in [1.807, 2.05) is 19.1 Å². The summed E-state index contributed by atoms with van der Waals surface area (Å²) in [5.41, 5.74) is 1.86. The van der Waals surface area contributed by atoms with Crippen molar-refractivity contribution < 1.29 is 9.59 Å². The van der Waals surface area contributed by atoms with E-state index < -0.39 is 0 Å². The first-order chi connectivity index (χ1) is 8.99. The fraction of sp³-hybridized carbons (Fsp3) is 0.0714. The number of rotatable bonds is 1. The maximum atomic E-state index is 12.1. The van der Waals surface area contributed by atoms with Crippen LogP contribution in [0.3, 0.4) is 0 Å². The second kappa shape index (κ2) is 5.75. The highest BCUT2D eigenvalue weighted by molar-refractivity contribution is 9.13. The Hall–Kier alpha value is -1.33. The van der Waals surface area contributed by atoms with Crippen molar-refractivity contribution in [2.24, 2.45) is 4.99 Å². The molecule has 0 fully saturated rings. The number of nitrogens with zero attached hydrogens (tertiary/aromatic N) is 1. The Morgan fingerprint density at radius 3 is 2.26 bits per heavy atom. The van der Waals surface area contributed by atoms with E-state index in [1.165, 1.54) is 12.2 Å². The molecule has 0 saturated heterocycles. The number of benzene rings is 1. The number of ketones is 1. The molecule has 0 radical (unpaired) electrons. The number of amides is 1. The van der Waals surface area contributed by atoms with Crippen molar-refractivity contribution in [3.8, 4) is 0 Å². The van der Waals surface area contributed by atoms with Crippen LogP contribution in [-0.4, -0.2) is 17.4 Å². The minimum Gasteiger partial charge on any atom is -0.287 e. The molecule has 0 heterocycles. The summed E-state index contributed by atoms with van der Waals surface area (Å²) < 4.78 is 0.747. The largest absolute Gasteiger partial charge is 0.287 e. The van der Waals surface area contributed by atoms with E-state index in [2.05, 4.69) is 36.9 Å². The van der Waals surface area contributed by atoms with Crippen molar-refractivity contribution in [3.05, 3.63) is 56.5 Å². The zero-order valence-corrected chi connectivity index (χ0v) is 13.2. The van der Waals surface area contributed by atoms with E-state index in [0.29, 0.717) is 20.2 Å². The van der Waals surface area contributed by atoms with Gasteiger partial charge in [-0.1, -0.05) is 18.2 Å². The molecule has 3 nitrogen and oxygen atoms in total. The van der Waals surface area contributed by atoms with Gasteiger partial charge in [0.05, 0.1) is 14.7 Å². The van der Waals surface area contributed by atoms with Gasteiger partial charge in [-0.05, 0) is 62.6 Å². The van der Waals surface area contributed by atoms with Gasteiger partial charge in [-0.15, -0.1) is 0 Å². The molecule has 1 aliphatic carbocycles. The van der Waals surface area contributed by atoms with Crippen molar-refractivity contribution in [1.82, 2.24) is 0 Å². The minimum absolute atomic E-state index is 0.165. The summed E-state index contributed by atoms with van der Waals surface area (Å²) in [6.07, 6.45) is 3.06. The van der Waals surface area contributed by atoms with E-state index in [0.717, 1.165) is 5.56 Å². The van der Waals surface area contributed by atoms with Crippen molar-refractivity contribution in [2.45, 2.75) is 6.92 Å². The van der Waals surface area contributed by atoms with Crippen LogP contribution in [0.4, 0.5) is 0 Å². The topological polar surface area (TPSA) is 46.5 Å². The summed E-state index contributed by atoms with van der Waals surface area (Å²) in [5.74, 6) is -0.488. The number of hydrogen-bond donors (Lipinski definition) is 0. The molecule has 0 saturated carbocycles. The quantitative estimate of drug-likeness (QED) is 0.695. The summed E-state index contributed by atoms with van der Waals surface area (Å²) in [6.45, 7) is 1.86. The maximum Gasteiger partial charge on any atom is 0.277 e. The van der Waals surface area contributed by atoms with Gasteiger partial charge in [-0.2, -0.15) is 0 Å². The molecule has 0 spiro atoms. The summed E-state index contributed by atoms with van der Waals surface area (Å²) in [6, 6.07) is 7.25. The third-order valence-corrected chi connectivity index (χ3v) is 3.77. The highest BCUT2D eigenvalue weighted by atomic mass is 79.9. The Kier molecular flexibility index (Phi) is 4.27. The monoisotopic (exact) mass is 381 g/mol. The van der Waals surface area contributed by atoms with Gasteiger partial charge in [-0.3, -0.25) is 9.59 Å². The molecule has 1 amide bonds. The molecule has 0 aliphatic heterocycles. The van der Waals surface area contributed by atoms with E-state index in [1.54, 1.807) is 12.1 Å². The van der Waals surface area contributed by atoms with E-state index in [-0.39, 0.29) is 11.7 Å². The van der Waals surface area contributed by atoms with E-state index in [4.69, 9.17) is 0 Å². The van der Waals surface area contributed by atoms with Crippen LogP contribution in [0.1, 0.15) is 15.9 Å². The zero-order valence-electron chi connectivity index (χ0n) is 9.98. The molecule has 0 N–H and O–H groups in total. The third kappa shape index (κ3) is 3.16. The van der Waals surface area contributed by atoms with Gasteiger partial charge in [0.25, 0.3) is 5.91 Å². The van der Waals surface area contributed by atoms with Crippen LogP contribution in [0.15, 0.2) is 50.4 Å². The molecular formula is C14H9Br2NO2. The van der Waals surface area contributed by atoms with Crippen LogP contribution in [0.25, 0.3) is 0 Å². The van der Waals surface area contributed by atoms with Crippen molar-refractivity contribution >= 4 is 49.3 Å². The molecule has 0 atom stereocenters. The Morgan fingerprint density at radius 2 is 1.68 bits per heavy atom. The number of halogens is 2. The lowest BCUT2D eigenvalue weighted by Crippen LogP contribution is -2.09. The first-order valence-corrected chi connectivity index (χ1v) is 7.05. The molecule has 1 aliphatic rings. The molecule has 0 aromatic heterocycles. The number of carbonyl (C=O) groups excluding carboxylic acids is 2. The third-order valence-electron chi connectivity index (χ3n) is 2.59. The Morgan fingerprint density at radius 1 is 1.11 bits per heavy atom. The fourth-order valence-electron chi connectivity index (χ4n) is 1.60. The normalized spacial score (nSPS) is 14.9. The number of aryl methyl sites for hydroxylation is 1. The summed E-state index contributed by atoms with van der Waals surface area (Å²) in [4.78, 5) is 27.6. The van der Waals surface area contributed by atoms with Gasteiger partial charge >= 0.3 is 0 Å². The lowest BCUT2D eigenvalue weighted by Gasteiger charge is -2.06. The average molecular weight is 383 g/mol.